The summed E-state index contributed by atoms with van der Waals surface area (Å²) in [5.74, 6) is 1.63. The van der Waals surface area contributed by atoms with E-state index in [-0.39, 0.29) is 5.78 Å². The van der Waals surface area contributed by atoms with Crippen molar-refractivity contribution in [3.63, 3.8) is 0 Å². The van der Waals surface area contributed by atoms with Crippen molar-refractivity contribution in [2.24, 2.45) is 0 Å². The molecular weight excluding hydrogens is 204 g/mol. The molecule has 0 aliphatic heterocycles. The van der Waals surface area contributed by atoms with Gasteiger partial charge in [-0.2, -0.15) is 0 Å². The predicted molar refractivity (Wildman–Crippen MR) is 64.8 cm³/mol. The Hall–Kier alpha value is -1.65. The normalized spacial score (nSPS) is 9.94. The highest BCUT2D eigenvalue weighted by molar-refractivity contribution is 5.80. The Labute approximate surface area is 95.9 Å². The smallest absolute Gasteiger partial charge is 0.148 e. The third-order valence-corrected chi connectivity index (χ3v) is 2.12. The molecule has 5 nitrogen and oxygen atoms in total. The van der Waals surface area contributed by atoms with Crippen LogP contribution in [0.4, 0.5) is 11.6 Å². The van der Waals surface area contributed by atoms with Gasteiger partial charge in [-0.05, 0) is 13.3 Å². The number of ketones is 1. The van der Waals surface area contributed by atoms with E-state index < -0.39 is 0 Å². The van der Waals surface area contributed by atoms with Gasteiger partial charge in [0.2, 0.25) is 0 Å². The van der Waals surface area contributed by atoms with Crippen molar-refractivity contribution in [1.29, 1.82) is 0 Å². The number of hydrogen-bond acceptors (Lipinski definition) is 5. The fourth-order valence-corrected chi connectivity index (χ4v) is 1.32. The predicted octanol–water partition coefficient (Wildman–Crippen LogP) is 1.32. The van der Waals surface area contributed by atoms with Crippen molar-refractivity contribution < 1.29 is 4.79 Å². The fraction of sp³-hybridized carbons (Fsp3) is 0.545. The number of Topliss-reactive ketones (excluding diaryl/α,β-unsaturated/α-hetero) is 1. The number of nitrogens with one attached hydrogen (secondary N) is 1. The first-order chi connectivity index (χ1) is 7.63. The molecule has 0 atom stereocenters. The number of nitrogens with zero attached hydrogens (tertiary/aromatic N) is 3. The van der Waals surface area contributed by atoms with Crippen LogP contribution in [0.3, 0.4) is 0 Å². The standard InChI is InChI=1S/C11H18N4O/c1-4-5-15(3)11-6-10(13-8-14-11)12-7-9(2)16/h6,8H,4-5,7H2,1-3H3,(H,12,13,14). The van der Waals surface area contributed by atoms with E-state index in [4.69, 9.17) is 0 Å². The number of aromatic nitrogens is 2. The highest BCUT2D eigenvalue weighted by Gasteiger charge is 2.03. The Morgan fingerprint density at radius 2 is 2.25 bits per heavy atom. The van der Waals surface area contributed by atoms with Gasteiger partial charge in [0.05, 0.1) is 6.54 Å². The van der Waals surface area contributed by atoms with E-state index in [9.17, 15) is 4.79 Å². The monoisotopic (exact) mass is 222 g/mol. The van der Waals surface area contributed by atoms with E-state index in [1.54, 1.807) is 0 Å². The molecular formula is C11H18N4O. The van der Waals surface area contributed by atoms with Crippen molar-refractivity contribution in [3.8, 4) is 0 Å². The van der Waals surface area contributed by atoms with Crippen molar-refractivity contribution in [3.05, 3.63) is 12.4 Å². The lowest BCUT2D eigenvalue weighted by molar-refractivity contribution is -0.115. The summed E-state index contributed by atoms with van der Waals surface area (Å²) in [7, 11) is 1.99. The molecule has 0 saturated carbocycles. The zero-order chi connectivity index (χ0) is 12.0. The zero-order valence-electron chi connectivity index (χ0n) is 10.0. The quantitative estimate of drug-likeness (QED) is 0.786. The van der Waals surface area contributed by atoms with Gasteiger partial charge in [-0.3, -0.25) is 4.79 Å². The Bertz CT molecular complexity index is 354. The Morgan fingerprint density at radius 3 is 2.88 bits per heavy atom. The molecule has 88 valence electrons. The number of hydrogen-bond donors (Lipinski definition) is 1. The van der Waals surface area contributed by atoms with Crippen LogP contribution in [0.5, 0.6) is 0 Å². The first-order valence-corrected chi connectivity index (χ1v) is 5.40. The third-order valence-electron chi connectivity index (χ3n) is 2.12. The van der Waals surface area contributed by atoms with Gasteiger partial charge in [-0.1, -0.05) is 6.92 Å². The molecule has 1 aromatic heterocycles. The van der Waals surface area contributed by atoms with Gasteiger partial charge in [0, 0.05) is 19.7 Å². The summed E-state index contributed by atoms with van der Waals surface area (Å²) < 4.78 is 0. The summed E-state index contributed by atoms with van der Waals surface area (Å²) in [5, 5.41) is 2.95. The van der Waals surface area contributed by atoms with Crippen LogP contribution in [-0.2, 0) is 4.79 Å². The summed E-state index contributed by atoms with van der Waals surface area (Å²) in [4.78, 5) is 21.1. The van der Waals surface area contributed by atoms with Crippen LogP contribution in [0, 0.1) is 0 Å². The maximum absolute atomic E-state index is 10.8. The van der Waals surface area contributed by atoms with Crippen molar-refractivity contribution in [1.82, 2.24) is 9.97 Å². The molecule has 0 aliphatic carbocycles. The average molecular weight is 222 g/mol. The van der Waals surface area contributed by atoms with Crippen LogP contribution >= 0.6 is 0 Å². The summed E-state index contributed by atoms with van der Waals surface area (Å²) >= 11 is 0. The molecule has 0 radical (unpaired) electrons. The van der Waals surface area contributed by atoms with Crippen LogP contribution in [0.25, 0.3) is 0 Å². The average Bonchev–Trinajstić information content (AvgIpc) is 2.27. The zero-order valence-corrected chi connectivity index (χ0v) is 10.0. The molecule has 0 aliphatic rings. The maximum Gasteiger partial charge on any atom is 0.148 e. The van der Waals surface area contributed by atoms with Crippen LogP contribution in [0.15, 0.2) is 12.4 Å². The van der Waals surface area contributed by atoms with Crippen LogP contribution in [0.1, 0.15) is 20.3 Å². The van der Waals surface area contributed by atoms with Crippen molar-refractivity contribution in [2.75, 3.05) is 30.4 Å². The fourth-order valence-electron chi connectivity index (χ4n) is 1.32. The van der Waals surface area contributed by atoms with Crippen molar-refractivity contribution >= 4 is 17.4 Å². The van der Waals surface area contributed by atoms with Gasteiger partial charge in [0.1, 0.15) is 23.7 Å². The molecule has 0 spiro atoms. The van der Waals surface area contributed by atoms with E-state index in [2.05, 4.69) is 27.1 Å². The molecule has 0 saturated heterocycles. The molecule has 1 N–H and O–H groups in total. The Morgan fingerprint density at radius 1 is 1.50 bits per heavy atom. The first kappa shape index (κ1) is 12.4. The third kappa shape index (κ3) is 3.84. The number of anilines is 2. The lowest BCUT2D eigenvalue weighted by Gasteiger charge is -2.17. The van der Waals surface area contributed by atoms with Crippen LogP contribution in [-0.4, -0.2) is 35.9 Å². The summed E-state index contributed by atoms with van der Waals surface area (Å²) in [6.45, 7) is 4.90. The van der Waals surface area contributed by atoms with E-state index in [0.717, 1.165) is 18.8 Å². The minimum absolute atomic E-state index is 0.0853. The second-order valence-electron chi connectivity index (χ2n) is 3.74. The molecule has 0 amide bonds. The number of rotatable bonds is 6. The van der Waals surface area contributed by atoms with E-state index in [0.29, 0.717) is 12.4 Å². The highest BCUT2D eigenvalue weighted by atomic mass is 16.1. The van der Waals surface area contributed by atoms with E-state index in [1.165, 1.54) is 13.3 Å². The van der Waals surface area contributed by atoms with Gasteiger partial charge in [-0.15, -0.1) is 0 Å². The van der Waals surface area contributed by atoms with Crippen LogP contribution < -0.4 is 10.2 Å². The van der Waals surface area contributed by atoms with E-state index >= 15 is 0 Å². The molecule has 16 heavy (non-hydrogen) atoms. The summed E-state index contributed by atoms with van der Waals surface area (Å²) in [6.07, 6.45) is 2.57. The Balaban J connectivity index is 2.66. The topological polar surface area (TPSA) is 58.1 Å². The van der Waals surface area contributed by atoms with Gasteiger partial charge < -0.3 is 10.2 Å². The maximum atomic E-state index is 10.8. The second kappa shape index (κ2) is 6.05. The van der Waals surface area contributed by atoms with Gasteiger partial charge in [0.15, 0.2) is 0 Å². The van der Waals surface area contributed by atoms with Crippen molar-refractivity contribution in [2.45, 2.75) is 20.3 Å². The summed E-state index contributed by atoms with van der Waals surface area (Å²) in [6, 6.07) is 1.85. The Kier molecular flexibility index (Phi) is 4.69. The van der Waals surface area contributed by atoms with Gasteiger partial charge >= 0.3 is 0 Å². The molecule has 5 heteroatoms. The molecule has 1 heterocycles. The molecule has 0 unspecified atom stereocenters. The first-order valence-electron chi connectivity index (χ1n) is 5.40. The number of carbonyl (C=O) groups is 1. The number of carbonyl (C=O) groups excluding carboxylic acids is 1. The largest absolute Gasteiger partial charge is 0.363 e. The SMILES string of the molecule is CCCN(C)c1cc(NCC(C)=O)ncn1. The highest BCUT2D eigenvalue weighted by Crippen LogP contribution is 2.12. The minimum Gasteiger partial charge on any atom is -0.363 e. The van der Waals surface area contributed by atoms with Gasteiger partial charge in [0.25, 0.3) is 0 Å². The van der Waals surface area contributed by atoms with Crippen LogP contribution in [0.2, 0.25) is 0 Å². The lowest BCUT2D eigenvalue weighted by atomic mass is 10.4. The molecule has 0 bridgehead atoms. The second-order valence-corrected chi connectivity index (χ2v) is 3.74. The summed E-state index contributed by atoms with van der Waals surface area (Å²) in [5.41, 5.74) is 0. The van der Waals surface area contributed by atoms with Gasteiger partial charge in [-0.25, -0.2) is 9.97 Å². The minimum atomic E-state index is 0.0853. The molecule has 1 rings (SSSR count). The molecule has 0 fully saturated rings. The molecule has 0 aromatic carbocycles. The van der Waals surface area contributed by atoms with E-state index in [1.807, 2.05) is 13.1 Å². The lowest BCUT2D eigenvalue weighted by Crippen LogP contribution is -2.19. The molecule has 1 aromatic rings.